The van der Waals surface area contributed by atoms with E-state index in [0.29, 0.717) is 12.6 Å². The van der Waals surface area contributed by atoms with Crippen LogP contribution in [-0.4, -0.2) is 29.1 Å². The molecular formula is C15H21NO3. The average molecular weight is 263 g/mol. The van der Waals surface area contributed by atoms with Crippen LogP contribution in [0.1, 0.15) is 50.0 Å². The highest BCUT2D eigenvalue weighted by atomic mass is 16.4. The average Bonchev–Trinajstić information content (AvgIpc) is 2.86. The second-order valence-corrected chi connectivity index (χ2v) is 6.15. The molecule has 0 saturated carbocycles. The molecule has 1 N–H and O–H groups in total. The molecule has 0 amide bonds. The van der Waals surface area contributed by atoms with Crippen LogP contribution in [0.2, 0.25) is 0 Å². The lowest BCUT2D eigenvalue weighted by Gasteiger charge is -2.42. The second-order valence-electron chi connectivity index (χ2n) is 6.15. The van der Waals surface area contributed by atoms with Crippen molar-refractivity contribution in [3.8, 4) is 0 Å². The van der Waals surface area contributed by atoms with Crippen molar-refractivity contribution in [3.05, 3.63) is 23.7 Å². The van der Waals surface area contributed by atoms with Crippen LogP contribution in [0.15, 0.2) is 16.7 Å². The minimum Gasteiger partial charge on any atom is -0.481 e. The molecule has 4 heteroatoms. The number of nitrogens with zero attached hydrogens (tertiary/aromatic N) is 1. The monoisotopic (exact) mass is 263 g/mol. The van der Waals surface area contributed by atoms with E-state index < -0.39 is 11.4 Å². The number of furan rings is 1. The Hall–Kier alpha value is -1.29. The number of likely N-dealkylation sites (tertiary alicyclic amines) is 1. The van der Waals surface area contributed by atoms with E-state index in [4.69, 9.17) is 4.42 Å². The van der Waals surface area contributed by atoms with Gasteiger partial charge in [-0.2, -0.15) is 0 Å². The van der Waals surface area contributed by atoms with Crippen LogP contribution in [0.3, 0.4) is 0 Å². The van der Waals surface area contributed by atoms with Crippen LogP contribution in [0, 0.1) is 5.41 Å². The SMILES string of the molecule is CC1(C(=O)O)CCCN(C2CCCc3occc32)C1. The van der Waals surface area contributed by atoms with E-state index in [0.717, 1.165) is 44.4 Å². The quantitative estimate of drug-likeness (QED) is 0.891. The molecule has 2 atom stereocenters. The number of aliphatic carboxylic acids is 1. The molecule has 0 radical (unpaired) electrons. The van der Waals surface area contributed by atoms with E-state index >= 15 is 0 Å². The first-order chi connectivity index (χ1) is 9.10. The van der Waals surface area contributed by atoms with E-state index in [2.05, 4.69) is 11.0 Å². The van der Waals surface area contributed by atoms with E-state index in [9.17, 15) is 9.90 Å². The van der Waals surface area contributed by atoms with Crippen molar-refractivity contribution in [2.45, 2.75) is 45.1 Å². The van der Waals surface area contributed by atoms with E-state index in [1.54, 1.807) is 6.26 Å². The van der Waals surface area contributed by atoms with Gasteiger partial charge in [0.05, 0.1) is 11.7 Å². The number of carboxylic acid groups (broad SMARTS) is 1. The van der Waals surface area contributed by atoms with Gasteiger partial charge in [0.1, 0.15) is 5.76 Å². The van der Waals surface area contributed by atoms with Gasteiger partial charge in [0.2, 0.25) is 0 Å². The number of rotatable bonds is 2. The van der Waals surface area contributed by atoms with E-state index in [1.165, 1.54) is 5.56 Å². The van der Waals surface area contributed by atoms with Gasteiger partial charge in [-0.05, 0) is 45.2 Å². The fourth-order valence-corrected chi connectivity index (χ4v) is 3.56. The number of hydrogen-bond acceptors (Lipinski definition) is 3. The molecule has 3 rings (SSSR count). The van der Waals surface area contributed by atoms with Crippen molar-refractivity contribution in [2.24, 2.45) is 5.41 Å². The summed E-state index contributed by atoms with van der Waals surface area (Å²) >= 11 is 0. The molecule has 1 saturated heterocycles. The third-order valence-electron chi connectivity index (χ3n) is 4.70. The smallest absolute Gasteiger partial charge is 0.310 e. The molecule has 2 heterocycles. The lowest BCUT2D eigenvalue weighted by molar-refractivity contribution is -0.152. The zero-order valence-corrected chi connectivity index (χ0v) is 11.4. The van der Waals surface area contributed by atoms with Gasteiger partial charge in [-0.15, -0.1) is 0 Å². The number of hydrogen-bond donors (Lipinski definition) is 1. The lowest BCUT2D eigenvalue weighted by atomic mass is 9.80. The van der Waals surface area contributed by atoms with Crippen LogP contribution in [-0.2, 0) is 11.2 Å². The van der Waals surface area contributed by atoms with Crippen molar-refractivity contribution in [1.82, 2.24) is 4.90 Å². The zero-order valence-electron chi connectivity index (χ0n) is 11.4. The minimum absolute atomic E-state index is 0.349. The van der Waals surface area contributed by atoms with Crippen molar-refractivity contribution in [3.63, 3.8) is 0 Å². The first-order valence-corrected chi connectivity index (χ1v) is 7.14. The van der Waals surface area contributed by atoms with Gasteiger partial charge >= 0.3 is 5.97 Å². The van der Waals surface area contributed by atoms with Gasteiger partial charge in [-0.3, -0.25) is 9.69 Å². The summed E-state index contributed by atoms with van der Waals surface area (Å²) in [5, 5.41) is 9.42. The Morgan fingerprint density at radius 2 is 2.37 bits per heavy atom. The molecule has 1 aromatic rings. The zero-order chi connectivity index (χ0) is 13.5. The highest BCUT2D eigenvalue weighted by Crippen LogP contribution is 2.40. The highest BCUT2D eigenvalue weighted by molar-refractivity contribution is 5.74. The number of carboxylic acids is 1. The van der Waals surface area contributed by atoms with E-state index in [1.807, 2.05) is 6.92 Å². The predicted molar refractivity (Wildman–Crippen MR) is 70.9 cm³/mol. The Kier molecular flexibility index (Phi) is 3.13. The molecule has 1 fully saturated rings. The van der Waals surface area contributed by atoms with Crippen LogP contribution >= 0.6 is 0 Å². The number of aryl methyl sites for hydroxylation is 1. The molecule has 1 aliphatic heterocycles. The first kappa shape index (κ1) is 12.7. The summed E-state index contributed by atoms with van der Waals surface area (Å²) in [7, 11) is 0. The number of fused-ring (bicyclic) bond motifs is 1. The van der Waals surface area contributed by atoms with E-state index in [-0.39, 0.29) is 0 Å². The van der Waals surface area contributed by atoms with Gasteiger partial charge in [0.15, 0.2) is 0 Å². The summed E-state index contributed by atoms with van der Waals surface area (Å²) in [6.07, 6.45) is 6.77. The van der Waals surface area contributed by atoms with Crippen LogP contribution in [0.5, 0.6) is 0 Å². The molecule has 0 bridgehead atoms. The summed E-state index contributed by atoms with van der Waals surface area (Å²) in [5.74, 6) is 0.430. The molecule has 104 valence electrons. The molecular weight excluding hydrogens is 242 g/mol. The lowest BCUT2D eigenvalue weighted by Crippen LogP contribution is -2.47. The maximum absolute atomic E-state index is 11.5. The van der Waals surface area contributed by atoms with Crippen molar-refractivity contribution in [1.29, 1.82) is 0 Å². The molecule has 4 nitrogen and oxygen atoms in total. The van der Waals surface area contributed by atoms with Gasteiger partial charge in [-0.25, -0.2) is 0 Å². The maximum Gasteiger partial charge on any atom is 0.310 e. The third-order valence-corrected chi connectivity index (χ3v) is 4.70. The molecule has 1 aromatic heterocycles. The molecule has 2 unspecified atom stereocenters. The Bertz CT molecular complexity index is 481. The Labute approximate surface area is 113 Å². The predicted octanol–water partition coefficient (Wildman–Crippen LogP) is 2.84. The second kappa shape index (κ2) is 4.67. The molecule has 0 spiro atoms. The third kappa shape index (κ3) is 2.18. The van der Waals surface area contributed by atoms with Gasteiger partial charge < -0.3 is 9.52 Å². The highest BCUT2D eigenvalue weighted by Gasteiger charge is 2.41. The standard InChI is InChI=1S/C15H21NO3/c1-15(14(17)18)7-3-8-16(10-15)12-4-2-5-13-11(12)6-9-19-13/h6,9,12H,2-5,7-8,10H2,1H3,(H,17,18). The van der Waals surface area contributed by atoms with Gasteiger partial charge in [0, 0.05) is 24.6 Å². The van der Waals surface area contributed by atoms with Gasteiger partial charge in [-0.1, -0.05) is 0 Å². The summed E-state index contributed by atoms with van der Waals surface area (Å²) < 4.78 is 5.53. The molecule has 1 aliphatic carbocycles. The minimum atomic E-state index is -0.666. The molecule has 19 heavy (non-hydrogen) atoms. The largest absolute Gasteiger partial charge is 0.481 e. The van der Waals surface area contributed by atoms with Crippen molar-refractivity contribution in [2.75, 3.05) is 13.1 Å². The number of carbonyl (C=O) groups is 1. The van der Waals surface area contributed by atoms with Crippen molar-refractivity contribution < 1.29 is 14.3 Å². The topological polar surface area (TPSA) is 53.7 Å². The Balaban J connectivity index is 1.82. The Morgan fingerprint density at radius 1 is 1.53 bits per heavy atom. The van der Waals surface area contributed by atoms with Crippen LogP contribution in [0.25, 0.3) is 0 Å². The normalized spacial score (nSPS) is 31.9. The fourth-order valence-electron chi connectivity index (χ4n) is 3.56. The van der Waals surface area contributed by atoms with Crippen LogP contribution < -0.4 is 0 Å². The first-order valence-electron chi connectivity index (χ1n) is 7.14. The fraction of sp³-hybridized carbons (Fsp3) is 0.667. The molecule has 2 aliphatic rings. The maximum atomic E-state index is 11.5. The summed E-state index contributed by atoms with van der Waals surface area (Å²) in [6.45, 7) is 3.52. The summed E-state index contributed by atoms with van der Waals surface area (Å²) in [4.78, 5) is 13.8. The number of piperidine rings is 1. The van der Waals surface area contributed by atoms with Crippen molar-refractivity contribution >= 4 is 5.97 Å². The summed E-state index contributed by atoms with van der Waals surface area (Å²) in [6, 6.07) is 2.41. The Morgan fingerprint density at radius 3 is 3.16 bits per heavy atom. The van der Waals surface area contributed by atoms with Gasteiger partial charge in [0.25, 0.3) is 0 Å². The van der Waals surface area contributed by atoms with Crippen LogP contribution in [0.4, 0.5) is 0 Å². The molecule has 0 aromatic carbocycles. The summed E-state index contributed by atoms with van der Waals surface area (Å²) in [5.41, 5.74) is 0.681.